The van der Waals surface area contributed by atoms with E-state index in [1.54, 1.807) is 7.05 Å². The predicted octanol–water partition coefficient (Wildman–Crippen LogP) is -0.167. The molecule has 2 atom stereocenters. The van der Waals surface area contributed by atoms with E-state index in [4.69, 9.17) is 11.0 Å². The van der Waals surface area contributed by atoms with Crippen molar-refractivity contribution in [2.24, 2.45) is 5.73 Å². The highest BCUT2D eigenvalue weighted by atomic mass is 19.1. The van der Waals surface area contributed by atoms with Crippen LogP contribution in [0.3, 0.4) is 0 Å². The van der Waals surface area contributed by atoms with Gasteiger partial charge in [-0.05, 0) is 13.5 Å². The van der Waals surface area contributed by atoms with Crippen LogP contribution in [0, 0.1) is 11.3 Å². The van der Waals surface area contributed by atoms with Crippen LogP contribution in [0.2, 0.25) is 0 Å². The third kappa shape index (κ3) is 2.65. The zero-order valence-corrected chi connectivity index (χ0v) is 12.1. The minimum absolute atomic E-state index is 0.0180. The Balaban J connectivity index is 2.49. The lowest BCUT2D eigenvalue weighted by Gasteiger charge is -2.42. The van der Waals surface area contributed by atoms with Crippen molar-refractivity contribution < 1.29 is 14.0 Å². The molecule has 2 heterocycles. The van der Waals surface area contributed by atoms with Crippen molar-refractivity contribution >= 4 is 18.1 Å². The van der Waals surface area contributed by atoms with Gasteiger partial charge in [0.05, 0.1) is 12.5 Å². The number of nitrogens with one attached hydrogen (secondary N) is 1. The van der Waals surface area contributed by atoms with Crippen LogP contribution in [0.5, 0.6) is 0 Å². The van der Waals surface area contributed by atoms with Crippen molar-refractivity contribution in [2.45, 2.75) is 24.6 Å². The number of hydrogen-bond acceptors (Lipinski definition) is 5. The Morgan fingerprint density at radius 3 is 3.05 bits per heavy atom. The van der Waals surface area contributed by atoms with Crippen molar-refractivity contribution in [3.05, 3.63) is 11.8 Å². The van der Waals surface area contributed by atoms with E-state index in [1.165, 1.54) is 10.9 Å². The lowest BCUT2D eigenvalue weighted by molar-refractivity contribution is -0.105. The van der Waals surface area contributed by atoms with Crippen LogP contribution in [0.25, 0.3) is 0 Å². The average Bonchev–Trinajstić information content (AvgIpc) is 2.87. The lowest BCUT2D eigenvalue weighted by atomic mass is 9.83. The highest BCUT2D eigenvalue weighted by Gasteiger charge is 2.46. The van der Waals surface area contributed by atoms with Crippen molar-refractivity contribution in [3.8, 4) is 6.07 Å². The van der Waals surface area contributed by atoms with E-state index in [-0.39, 0.29) is 24.3 Å². The number of nitrogens with two attached hydrogens (primary N) is 1. The second kappa shape index (κ2) is 6.11. The first kappa shape index (κ1) is 15.9. The molecule has 2 unspecified atom stereocenters. The van der Waals surface area contributed by atoms with Crippen molar-refractivity contribution in [1.82, 2.24) is 14.7 Å². The van der Waals surface area contributed by atoms with Crippen LogP contribution in [0.4, 0.5) is 10.2 Å². The summed E-state index contributed by atoms with van der Waals surface area (Å²) in [6.07, 6.45) is 0.581. The molecule has 0 aromatic carbocycles. The van der Waals surface area contributed by atoms with Gasteiger partial charge in [0.15, 0.2) is 5.82 Å². The fourth-order valence-electron chi connectivity index (χ4n) is 2.70. The molecule has 1 saturated heterocycles. The summed E-state index contributed by atoms with van der Waals surface area (Å²) in [6.45, 7) is 0.744. The van der Waals surface area contributed by atoms with Gasteiger partial charge in [0, 0.05) is 19.3 Å². The van der Waals surface area contributed by atoms with E-state index in [0.717, 1.165) is 0 Å². The Hall–Kier alpha value is -2.47. The number of aromatic nitrogens is 2. The van der Waals surface area contributed by atoms with E-state index in [0.29, 0.717) is 19.4 Å². The zero-order valence-electron chi connectivity index (χ0n) is 12.1. The number of halogens is 1. The topological polar surface area (TPSA) is 117 Å². The van der Waals surface area contributed by atoms with Gasteiger partial charge in [-0.2, -0.15) is 10.4 Å². The summed E-state index contributed by atoms with van der Waals surface area (Å²) in [4.78, 5) is 23.9. The maximum Gasteiger partial charge on any atom is 0.254 e. The number of amides is 2. The van der Waals surface area contributed by atoms with Gasteiger partial charge in [-0.25, -0.2) is 4.39 Å². The van der Waals surface area contributed by atoms with E-state index < -0.39 is 17.6 Å². The number of likely N-dealkylation sites (tertiary alicyclic amines) is 1. The van der Waals surface area contributed by atoms with Crippen LogP contribution in [-0.2, 0) is 10.3 Å². The number of carbonyl (C=O) groups is 2. The fourth-order valence-corrected chi connectivity index (χ4v) is 2.70. The van der Waals surface area contributed by atoms with E-state index >= 15 is 0 Å². The minimum Gasteiger partial charge on any atom is -0.365 e. The van der Waals surface area contributed by atoms with Crippen LogP contribution in [-0.4, -0.2) is 53.3 Å². The van der Waals surface area contributed by atoms with Gasteiger partial charge < -0.3 is 16.0 Å². The Morgan fingerprint density at radius 2 is 2.50 bits per heavy atom. The maximum atomic E-state index is 14.7. The molecule has 1 fully saturated rings. The molecule has 9 heteroatoms. The Bertz CT molecular complexity index is 625. The second-order valence-corrected chi connectivity index (χ2v) is 5.38. The third-order valence-electron chi connectivity index (χ3n) is 4.00. The average molecular weight is 308 g/mol. The number of nitriles is 1. The molecule has 0 aliphatic carbocycles. The quantitative estimate of drug-likeness (QED) is 0.733. The predicted molar refractivity (Wildman–Crippen MR) is 75.6 cm³/mol. The van der Waals surface area contributed by atoms with Crippen molar-refractivity contribution in [3.63, 3.8) is 0 Å². The fraction of sp³-hybridized carbons (Fsp3) is 0.538. The van der Waals surface area contributed by atoms with Gasteiger partial charge in [-0.1, -0.05) is 0 Å². The molecule has 1 aliphatic rings. The SMILES string of the molecule is CN1CCC(CC#N)(n2cc(C(N)=O)c(NC=O)n2)C(F)C1. The summed E-state index contributed by atoms with van der Waals surface area (Å²) in [6, 6.07) is 1.99. The molecule has 8 nitrogen and oxygen atoms in total. The summed E-state index contributed by atoms with van der Waals surface area (Å²) in [5.41, 5.74) is 4.06. The molecule has 3 N–H and O–H groups in total. The molecule has 2 rings (SSSR count). The highest BCUT2D eigenvalue weighted by Crippen LogP contribution is 2.36. The number of carbonyl (C=O) groups excluding carboxylic acids is 2. The van der Waals surface area contributed by atoms with Gasteiger partial charge in [0.25, 0.3) is 5.91 Å². The Kier molecular flexibility index (Phi) is 4.42. The Labute approximate surface area is 126 Å². The Morgan fingerprint density at radius 1 is 1.77 bits per heavy atom. The number of piperidine rings is 1. The minimum atomic E-state index is -1.34. The molecule has 1 aliphatic heterocycles. The molecule has 118 valence electrons. The second-order valence-electron chi connectivity index (χ2n) is 5.38. The number of alkyl halides is 1. The molecule has 0 saturated carbocycles. The highest BCUT2D eigenvalue weighted by molar-refractivity contribution is 5.99. The van der Waals surface area contributed by atoms with E-state index in [2.05, 4.69) is 10.4 Å². The van der Waals surface area contributed by atoms with Crippen LogP contribution < -0.4 is 11.1 Å². The molecule has 0 spiro atoms. The van der Waals surface area contributed by atoms with Crippen LogP contribution in [0.1, 0.15) is 23.2 Å². The normalized spacial score (nSPS) is 25.4. The standard InChI is InChI=1S/C13H17FN6O2/c1-19-5-3-13(2-4-15,10(14)7-19)20-6-9(11(16)22)12(18-20)17-8-21/h6,8,10H,2-3,5,7H2,1H3,(H2,16,22)(H,17,18,21). The summed E-state index contributed by atoms with van der Waals surface area (Å²) < 4.78 is 16.0. The summed E-state index contributed by atoms with van der Waals surface area (Å²) in [7, 11) is 1.79. The summed E-state index contributed by atoms with van der Waals surface area (Å²) in [5.74, 6) is -0.822. The van der Waals surface area contributed by atoms with Gasteiger partial charge in [0.1, 0.15) is 17.3 Å². The van der Waals surface area contributed by atoms with Gasteiger partial charge >= 0.3 is 0 Å². The molecule has 0 bridgehead atoms. The van der Waals surface area contributed by atoms with Crippen LogP contribution in [0.15, 0.2) is 6.20 Å². The zero-order chi connectivity index (χ0) is 16.3. The molecule has 22 heavy (non-hydrogen) atoms. The van der Waals surface area contributed by atoms with Crippen molar-refractivity contribution in [1.29, 1.82) is 5.26 Å². The van der Waals surface area contributed by atoms with E-state index in [9.17, 15) is 14.0 Å². The first-order valence-electron chi connectivity index (χ1n) is 6.74. The van der Waals surface area contributed by atoms with E-state index in [1.807, 2.05) is 11.0 Å². The maximum absolute atomic E-state index is 14.7. The molecular weight excluding hydrogens is 291 g/mol. The number of hydrogen-bond donors (Lipinski definition) is 2. The third-order valence-corrected chi connectivity index (χ3v) is 4.00. The number of rotatable bonds is 5. The van der Waals surface area contributed by atoms with Crippen molar-refractivity contribution in [2.75, 3.05) is 25.5 Å². The molecule has 1 aromatic heterocycles. The molecule has 1 aromatic rings. The van der Waals surface area contributed by atoms with Crippen LogP contribution >= 0.6 is 0 Å². The van der Waals surface area contributed by atoms with Gasteiger partial charge in [-0.15, -0.1) is 0 Å². The number of primary amides is 1. The first-order chi connectivity index (χ1) is 10.4. The smallest absolute Gasteiger partial charge is 0.254 e. The lowest BCUT2D eigenvalue weighted by Crippen LogP contribution is -2.54. The number of anilines is 1. The first-order valence-corrected chi connectivity index (χ1v) is 6.74. The summed E-state index contributed by atoms with van der Waals surface area (Å²) in [5, 5.41) is 15.4. The molecule has 0 radical (unpaired) electrons. The van der Waals surface area contributed by atoms with Gasteiger partial charge in [0.2, 0.25) is 6.41 Å². The monoisotopic (exact) mass is 308 g/mol. The largest absolute Gasteiger partial charge is 0.365 e. The number of nitrogens with zero attached hydrogens (tertiary/aromatic N) is 4. The van der Waals surface area contributed by atoms with Gasteiger partial charge in [-0.3, -0.25) is 14.3 Å². The summed E-state index contributed by atoms with van der Waals surface area (Å²) >= 11 is 0. The molecular formula is C13H17FN6O2. The molecule has 2 amide bonds.